The molecule has 0 unspecified atom stereocenters. The fraction of sp³-hybridized carbons (Fsp3) is 0.286. The van der Waals surface area contributed by atoms with E-state index in [-0.39, 0.29) is 12.3 Å². The summed E-state index contributed by atoms with van der Waals surface area (Å²) in [5, 5.41) is 24.3. The topological polar surface area (TPSA) is 111 Å². The molecular formula is C7H6Cl2N4O4. The lowest BCUT2D eigenvalue weighted by molar-refractivity contribution is -0.390. The summed E-state index contributed by atoms with van der Waals surface area (Å²) in [5.41, 5.74) is -0.669. The Labute approximate surface area is 104 Å². The summed E-state index contributed by atoms with van der Waals surface area (Å²) in [6.45, 7) is 1.18. The van der Waals surface area contributed by atoms with E-state index >= 15 is 0 Å². The molecule has 0 aromatic carbocycles. The number of nitro groups is 1. The number of halogens is 2. The Morgan fingerprint density at radius 1 is 1.59 bits per heavy atom. The van der Waals surface area contributed by atoms with Crippen molar-refractivity contribution in [1.29, 1.82) is 0 Å². The van der Waals surface area contributed by atoms with Crippen molar-refractivity contribution in [3.05, 3.63) is 30.5 Å². The number of hydrogen-bond acceptors (Lipinski definition) is 6. The zero-order chi connectivity index (χ0) is 13.2. The third kappa shape index (κ3) is 2.71. The zero-order valence-electron chi connectivity index (χ0n) is 8.42. The molecule has 1 aromatic heterocycles. The van der Waals surface area contributed by atoms with Gasteiger partial charge in [-0.3, -0.25) is 4.79 Å². The molecule has 1 rings (SSSR count). The van der Waals surface area contributed by atoms with Gasteiger partial charge in [0, 0.05) is 0 Å². The van der Waals surface area contributed by atoms with Crippen LogP contribution in [-0.4, -0.2) is 25.6 Å². The molecule has 0 saturated carbocycles. The maximum absolute atomic E-state index is 11.5. The van der Waals surface area contributed by atoms with Crippen molar-refractivity contribution in [2.24, 2.45) is 5.16 Å². The summed E-state index contributed by atoms with van der Waals surface area (Å²) in [6, 6.07) is 0. The third-order valence-electron chi connectivity index (χ3n) is 1.75. The van der Waals surface area contributed by atoms with Gasteiger partial charge in [-0.15, -0.1) is 4.68 Å². The van der Waals surface area contributed by atoms with Crippen LogP contribution in [0.3, 0.4) is 0 Å². The lowest BCUT2D eigenvalue weighted by Crippen LogP contribution is -2.27. The van der Waals surface area contributed by atoms with Crippen molar-refractivity contribution in [2.45, 2.75) is 13.5 Å². The molecule has 1 N–H and O–H groups in total. The molecule has 1 aromatic rings. The molecule has 0 saturated heterocycles. The van der Waals surface area contributed by atoms with E-state index in [2.05, 4.69) is 10.3 Å². The van der Waals surface area contributed by atoms with Crippen LogP contribution in [0.4, 0.5) is 5.82 Å². The summed E-state index contributed by atoms with van der Waals surface area (Å²) < 4.78 is 0.696. The number of hydrogen-bond donors (Lipinski definition) is 1. The molecule has 0 spiro atoms. The van der Waals surface area contributed by atoms with Crippen LogP contribution in [-0.2, 0) is 6.54 Å². The first kappa shape index (κ1) is 13.4. The molecule has 17 heavy (non-hydrogen) atoms. The number of nitrogens with zero attached hydrogens (tertiary/aromatic N) is 4. The second-order valence-electron chi connectivity index (χ2n) is 3.01. The average Bonchev–Trinajstić information content (AvgIpc) is 2.29. The molecule has 1 heterocycles. The maximum Gasteiger partial charge on any atom is 0.408 e. The quantitative estimate of drug-likeness (QED) is 0.388. The molecule has 0 aliphatic rings. The molecule has 0 aliphatic carbocycles. The minimum absolute atomic E-state index is 0.132. The maximum atomic E-state index is 11.5. The van der Waals surface area contributed by atoms with Crippen LogP contribution in [0.15, 0.2) is 9.95 Å². The molecule has 10 heteroatoms. The van der Waals surface area contributed by atoms with Gasteiger partial charge in [0.2, 0.25) is 0 Å². The minimum Gasteiger partial charge on any atom is -0.411 e. The van der Waals surface area contributed by atoms with Gasteiger partial charge >= 0.3 is 11.4 Å². The summed E-state index contributed by atoms with van der Waals surface area (Å²) in [5.74, 6) is -0.734. The molecule has 92 valence electrons. The van der Waals surface area contributed by atoms with Crippen LogP contribution in [0.1, 0.15) is 6.92 Å². The fourth-order valence-corrected chi connectivity index (χ4v) is 1.35. The van der Waals surface area contributed by atoms with Crippen molar-refractivity contribution >= 4 is 34.7 Å². The Morgan fingerprint density at radius 2 is 2.18 bits per heavy atom. The average molecular weight is 281 g/mol. The highest BCUT2D eigenvalue weighted by Crippen LogP contribution is 2.26. The lowest BCUT2D eigenvalue weighted by Gasteiger charge is -2.01. The smallest absolute Gasteiger partial charge is 0.408 e. The predicted octanol–water partition coefficient (Wildman–Crippen LogP) is 1.31. The number of aromatic nitrogens is 2. The van der Waals surface area contributed by atoms with E-state index in [4.69, 9.17) is 28.4 Å². The van der Waals surface area contributed by atoms with E-state index in [0.717, 1.165) is 0 Å². The van der Waals surface area contributed by atoms with Gasteiger partial charge in [0.1, 0.15) is 11.6 Å². The van der Waals surface area contributed by atoms with E-state index in [1.54, 1.807) is 0 Å². The van der Waals surface area contributed by atoms with Crippen molar-refractivity contribution < 1.29 is 10.1 Å². The second-order valence-corrected chi connectivity index (χ2v) is 3.76. The van der Waals surface area contributed by atoms with Gasteiger partial charge in [-0.05, 0) is 11.8 Å². The highest BCUT2D eigenvalue weighted by molar-refractivity contribution is 6.42. The Kier molecular flexibility index (Phi) is 4.02. The summed E-state index contributed by atoms with van der Waals surface area (Å²) in [6.07, 6.45) is 0. The van der Waals surface area contributed by atoms with E-state index in [1.165, 1.54) is 6.92 Å². The van der Waals surface area contributed by atoms with E-state index in [0.29, 0.717) is 4.68 Å². The van der Waals surface area contributed by atoms with Gasteiger partial charge in [0.15, 0.2) is 5.02 Å². The van der Waals surface area contributed by atoms with Crippen LogP contribution >= 0.6 is 23.2 Å². The van der Waals surface area contributed by atoms with Gasteiger partial charge in [-0.1, -0.05) is 28.4 Å². The molecule has 0 aliphatic heterocycles. The Balaban J connectivity index is 3.42. The van der Waals surface area contributed by atoms with Crippen molar-refractivity contribution in [3.63, 3.8) is 0 Å². The van der Waals surface area contributed by atoms with Gasteiger partial charge in [-0.25, -0.2) is 0 Å². The van der Waals surface area contributed by atoms with Crippen LogP contribution in [0.25, 0.3) is 0 Å². The predicted molar refractivity (Wildman–Crippen MR) is 60.1 cm³/mol. The van der Waals surface area contributed by atoms with Gasteiger partial charge in [-0.2, -0.15) is 0 Å². The van der Waals surface area contributed by atoms with Crippen molar-refractivity contribution in [3.8, 4) is 0 Å². The van der Waals surface area contributed by atoms with Gasteiger partial charge < -0.3 is 15.3 Å². The normalized spacial score (nSPS) is 11.6. The second kappa shape index (κ2) is 5.11. The van der Waals surface area contributed by atoms with E-state index < -0.39 is 26.3 Å². The molecule has 8 nitrogen and oxygen atoms in total. The molecule has 0 fully saturated rings. The first-order valence-corrected chi connectivity index (χ1v) is 4.92. The van der Waals surface area contributed by atoms with Crippen molar-refractivity contribution in [2.75, 3.05) is 0 Å². The summed E-state index contributed by atoms with van der Waals surface area (Å²) in [4.78, 5) is 21.3. The standard InChI is InChI=1S/C7H6Cl2N4O4/c1-3(11-15)2-12-7(14)5(9)4(8)6(10-12)13(16)17/h15H,2H2,1H3/b11-3+. The SMILES string of the molecule is C/C(Cn1nc([N+](=O)[O-])c(Cl)c(Cl)c1=O)=N\O. The fourth-order valence-electron chi connectivity index (χ4n) is 0.981. The third-order valence-corrected chi connectivity index (χ3v) is 2.55. The van der Waals surface area contributed by atoms with Crippen LogP contribution < -0.4 is 5.56 Å². The highest BCUT2D eigenvalue weighted by atomic mass is 35.5. The van der Waals surface area contributed by atoms with Crippen LogP contribution in [0.2, 0.25) is 10.0 Å². The van der Waals surface area contributed by atoms with E-state index in [9.17, 15) is 14.9 Å². The van der Waals surface area contributed by atoms with Crippen molar-refractivity contribution in [1.82, 2.24) is 9.78 Å². The van der Waals surface area contributed by atoms with Crippen LogP contribution in [0.5, 0.6) is 0 Å². The molecule has 0 atom stereocenters. The molecular weight excluding hydrogens is 275 g/mol. The zero-order valence-corrected chi connectivity index (χ0v) is 9.94. The Morgan fingerprint density at radius 3 is 2.65 bits per heavy atom. The highest BCUT2D eigenvalue weighted by Gasteiger charge is 2.24. The van der Waals surface area contributed by atoms with Gasteiger partial charge in [0.25, 0.3) is 0 Å². The van der Waals surface area contributed by atoms with Crippen LogP contribution in [0, 0.1) is 10.1 Å². The Hall–Kier alpha value is -1.67. The first-order valence-electron chi connectivity index (χ1n) is 4.16. The first-order chi connectivity index (χ1) is 7.88. The lowest BCUT2D eigenvalue weighted by atomic mass is 10.4. The van der Waals surface area contributed by atoms with Gasteiger partial charge in [0.05, 0.1) is 10.8 Å². The largest absolute Gasteiger partial charge is 0.411 e. The minimum atomic E-state index is -0.866. The van der Waals surface area contributed by atoms with E-state index in [1.807, 2.05) is 0 Å². The summed E-state index contributed by atoms with van der Waals surface area (Å²) in [7, 11) is 0. The number of oxime groups is 1. The Bertz CT molecular complexity index is 554. The number of rotatable bonds is 3. The monoisotopic (exact) mass is 280 g/mol. The molecule has 0 amide bonds. The summed E-state index contributed by atoms with van der Waals surface area (Å²) >= 11 is 11.1. The molecule has 0 bridgehead atoms. The molecule has 0 radical (unpaired) electrons.